The van der Waals surface area contributed by atoms with Crippen LogP contribution < -0.4 is 10.2 Å². The van der Waals surface area contributed by atoms with Gasteiger partial charge in [-0.1, -0.05) is 0 Å². The largest absolute Gasteiger partial charge is 0.542 e. The molecule has 5 heteroatoms. The Balaban J connectivity index is 3.15. The van der Waals surface area contributed by atoms with Crippen molar-refractivity contribution < 1.29 is 13.2 Å². The first-order valence-electron chi connectivity index (χ1n) is 4.70. The van der Waals surface area contributed by atoms with Gasteiger partial charge < -0.3 is 10.2 Å². The number of hydrogen-bond donors (Lipinski definition) is 1. The van der Waals surface area contributed by atoms with E-state index in [9.17, 15) is 8.78 Å². The summed E-state index contributed by atoms with van der Waals surface area (Å²) in [5.74, 6) is -1.22. The summed E-state index contributed by atoms with van der Waals surface area (Å²) in [5, 5.41) is 0. The van der Waals surface area contributed by atoms with E-state index < -0.39 is 20.0 Å². The van der Waals surface area contributed by atoms with Crippen molar-refractivity contribution >= 4 is 8.32 Å². The number of halogens is 2. The highest BCUT2D eigenvalue weighted by atomic mass is 28.4. The van der Waals surface area contributed by atoms with Gasteiger partial charge in [0.15, 0.2) is 5.82 Å². The van der Waals surface area contributed by atoms with E-state index in [1.54, 1.807) is 0 Å². The fourth-order valence-corrected chi connectivity index (χ4v) is 2.03. The summed E-state index contributed by atoms with van der Waals surface area (Å²) in [6, 6.07) is 2.02. The van der Waals surface area contributed by atoms with Crippen molar-refractivity contribution in [3.8, 4) is 5.75 Å². The third-order valence-corrected chi connectivity index (χ3v) is 2.53. The zero-order valence-electron chi connectivity index (χ0n) is 9.10. The molecule has 0 spiro atoms. The van der Waals surface area contributed by atoms with Crippen molar-refractivity contribution in [1.29, 1.82) is 0 Å². The van der Waals surface area contributed by atoms with Gasteiger partial charge in [-0.2, -0.15) is 0 Å². The minimum Gasteiger partial charge on any atom is -0.542 e. The van der Waals surface area contributed by atoms with Crippen LogP contribution in [0.1, 0.15) is 5.56 Å². The highest BCUT2D eigenvalue weighted by Gasteiger charge is 2.21. The molecule has 0 aromatic heterocycles. The third kappa shape index (κ3) is 3.28. The second-order valence-electron chi connectivity index (χ2n) is 4.29. The van der Waals surface area contributed by atoms with Crippen LogP contribution in [0.15, 0.2) is 12.1 Å². The molecule has 0 fully saturated rings. The maximum Gasteiger partial charge on any atom is 0.242 e. The molecular weight excluding hydrogens is 216 g/mol. The number of rotatable bonds is 3. The van der Waals surface area contributed by atoms with Gasteiger partial charge in [-0.05, 0) is 25.7 Å². The zero-order chi connectivity index (χ0) is 11.6. The molecule has 1 aromatic carbocycles. The van der Waals surface area contributed by atoms with E-state index in [-0.39, 0.29) is 12.3 Å². The number of hydrogen-bond acceptors (Lipinski definition) is 2. The molecule has 0 heterocycles. The van der Waals surface area contributed by atoms with Gasteiger partial charge >= 0.3 is 0 Å². The first-order chi connectivity index (χ1) is 6.83. The molecule has 2 N–H and O–H groups in total. The van der Waals surface area contributed by atoms with Crippen molar-refractivity contribution in [1.82, 2.24) is 0 Å². The monoisotopic (exact) mass is 231 g/mol. The molecule has 0 atom stereocenters. The quantitative estimate of drug-likeness (QED) is 0.812. The molecular formula is C10H15F2NOSi. The molecule has 0 aliphatic heterocycles. The smallest absolute Gasteiger partial charge is 0.242 e. The summed E-state index contributed by atoms with van der Waals surface area (Å²) in [6.45, 7) is 5.84. The molecule has 0 saturated heterocycles. The molecule has 0 aliphatic rings. The van der Waals surface area contributed by atoms with Gasteiger partial charge in [0.05, 0.1) is 0 Å². The molecule has 1 aromatic rings. The second kappa shape index (κ2) is 4.28. The highest BCUT2D eigenvalue weighted by Crippen LogP contribution is 2.26. The van der Waals surface area contributed by atoms with E-state index in [2.05, 4.69) is 0 Å². The van der Waals surface area contributed by atoms with E-state index in [0.29, 0.717) is 5.56 Å². The Morgan fingerprint density at radius 1 is 1.27 bits per heavy atom. The minimum atomic E-state index is -1.91. The van der Waals surface area contributed by atoms with Crippen molar-refractivity contribution in [3.63, 3.8) is 0 Å². The molecule has 2 nitrogen and oxygen atoms in total. The third-order valence-electron chi connectivity index (χ3n) is 1.71. The molecule has 0 aliphatic carbocycles. The molecule has 0 saturated carbocycles. The van der Waals surface area contributed by atoms with Crippen LogP contribution in [0.5, 0.6) is 5.75 Å². The normalized spacial score (nSPS) is 11.6. The predicted molar refractivity (Wildman–Crippen MR) is 58.2 cm³/mol. The Labute approximate surface area is 89.2 Å². The van der Waals surface area contributed by atoms with Crippen molar-refractivity contribution in [2.45, 2.75) is 26.2 Å². The first kappa shape index (κ1) is 12.1. The molecule has 1 rings (SSSR count). The van der Waals surface area contributed by atoms with Gasteiger partial charge in [-0.25, -0.2) is 8.78 Å². The van der Waals surface area contributed by atoms with E-state index in [1.165, 1.54) is 6.07 Å². The SMILES string of the molecule is C[Si](C)(C)Oc1c(F)cc(F)cc1CN. The molecule has 15 heavy (non-hydrogen) atoms. The predicted octanol–water partition coefficient (Wildman–Crippen LogP) is 2.64. The number of nitrogens with two attached hydrogens (primary N) is 1. The molecule has 0 bridgehead atoms. The van der Waals surface area contributed by atoms with Gasteiger partial charge in [0.25, 0.3) is 0 Å². The Kier molecular flexibility index (Phi) is 3.46. The maximum atomic E-state index is 13.4. The summed E-state index contributed by atoms with van der Waals surface area (Å²) in [7, 11) is -1.91. The Morgan fingerprint density at radius 2 is 1.87 bits per heavy atom. The van der Waals surface area contributed by atoms with Gasteiger partial charge in [-0.15, -0.1) is 0 Å². The van der Waals surface area contributed by atoms with Gasteiger partial charge in [0.1, 0.15) is 11.6 Å². The lowest BCUT2D eigenvalue weighted by Gasteiger charge is -2.21. The fraction of sp³-hybridized carbons (Fsp3) is 0.400. The van der Waals surface area contributed by atoms with Gasteiger partial charge in [0, 0.05) is 18.2 Å². The highest BCUT2D eigenvalue weighted by molar-refractivity contribution is 6.70. The van der Waals surface area contributed by atoms with Crippen LogP contribution in [-0.4, -0.2) is 8.32 Å². The maximum absolute atomic E-state index is 13.4. The molecule has 0 amide bonds. The summed E-state index contributed by atoms with van der Waals surface area (Å²) >= 11 is 0. The van der Waals surface area contributed by atoms with Crippen LogP contribution in [0, 0.1) is 11.6 Å². The minimum absolute atomic E-state index is 0.0640. The lowest BCUT2D eigenvalue weighted by atomic mass is 10.2. The van der Waals surface area contributed by atoms with Crippen LogP contribution in [0.25, 0.3) is 0 Å². The van der Waals surface area contributed by atoms with Crippen LogP contribution in [-0.2, 0) is 6.54 Å². The standard InChI is InChI=1S/C10H15F2NOSi/c1-15(2,3)14-10-7(6-13)4-8(11)5-9(10)12/h4-5H,6,13H2,1-3H3. The lowest BCUT2D eigenvalue weighted by Crippen LogP contribution is -2.30. The van der Waals surface area contributed by atoms with Crippen molar-refractivity contribution in [2.24, 2.45) is 5.73 Å². The zero-order valence-corrected chi connectivity index (χ0v) is 10.1. The van der Waals surface area contributed by atoms with Gasteiger partial charge in [-0.3, -0.25) is 0 Å². The van der Waals surface area contributed by atoms with E-state index >= 15 is 0 Å². The van der Waals surface area contributed by atoms with E-state index in [0.717, 1.165) is 6.07 Å². The van der Waals surface area contributed by atoms with Crippen LogP contribution in [0.4, 0.5) is 8.78 Å². The first-order valence-corrected chi connectivity index (χ1v) is 8.11. The summed E-state index contributed by atoms with van der Waals surface area (Å²) in [6.07, 6.45) is 0. The van der Waals surface area contributed by atoms with E-state index in [1.807, 2.05) is 19.6 Å². The molecule has 0 radical (unpaired) electrons. The van der Waals surface area contributed by atoms with Crippen molar-refractivity contribution in [3.05, 3.63) is 29.3 Å². The van der Waals surface area contributed by atoms with E-state index in [4.69, 9.17) is 10.2 Å². The molecule has 84 valence electrons. The topological polar surface area (TPSA) is 35.2 Å². The Bertz CT molecular complexity index is 363. The summed E-state index contributed by atoms with van der Waals surface area (Å²) < 4.78 is 31.8. The second-order valence-corrected chi connectivity index (χ2v) is 8.72. The van der Waals surface area contributed by atoms with Crippen LogP contribution in [0.3, 0.4) is 0 Å². The Morgan fingerprint density at radius 3 is 2.33 bits per heavy atom. The summed E-state index contributed by atoms with van der Waals surface area (Å²) in [4.78, 5) is 0. The summed E-state index contributed by atoms with van der Waals surface area (Å²) in [5.41, 5.74) is 5.78. The average molecular weight is 231 g/mol. The number of benzene rings is 1. The van der Waals surface area contributed by atoms with Crippen LogP contribution in [0.2, 0.25) is 19.6 Å². The lowest BCUT2D eigenvalue weighted by molar-refractivity contribution is 0.479. The average Bonchev–Trinajstić information content (AvgIpc) is 2.07. The van der Waals surface area contributed by atoms with Crippen molar-refractivity contribution in [2.75, 3.05) is 0 Å². The van der Waals surface area contributed by atoms with Crippen LogP contribution >= 0.6 is 0 Å². The molecule has 0 unspecified atom stereocenters. The fourth-order valence-electron chi connectivity index (χ4n) is 1.19. The van der Waals surface area contributed by atoms with Gasteiger partial charge in [0.2, 0.25) is 8.32 Å². The Hall–Kier alpha value is -0.943.